The maximum atomic E-state index is 12.1. The maximum Gasteiger partial charge on any atom is 0.327 e. The molecule has 0 aromatic carbocycles. The second-order valence-electron chi connectivity index (χ2n) is 5.51. The first-order valence-corrected chi connectivity index (χ1v) is 7.71. The number of nitrogens with one attached hydrogen (secondary N) is 1. The minimum Gasteiger partial charge on any atom is -0.480 e. The van der Waals surface area contributed by atoms with Crippen molar-refractivity contribution in [2.45, 2.75) is 26.3 Å². The van der Waals surface area contributed by atoms with Crippen LogP contribution in [0.5, 0.6) is 6.01 Å². The number of imidazole rings is 1. The van der Waals surface area contributed by atoms with Crippen LogP contribution in [0.3, 0.4) is 0 Å². The molecule has 0 fully saturated rings. The Morgan fingerprint density at radius 1 is 1.46 bits per heavy atom. The number of nitrogens with two attached hydrogens (primary N) is 1. The van der Waals surface area contributed by atoms with Crippen molar-refractivity contribution in [1.29, 1.82) is 0 Å². The summed E-state index contributed by atoms with van der Waals surface area (Å²) in [7, 11) is 1.66. The van der Waals surface area contributed by atoms with Crippen LogP contribution in [0.1, 0.15) is 19.8 Å². The number of rotatable bonds is 9. The molecule has 2 aromatic heterocycles. The van der Waals surface area contributed by atoms with Gasteiger partial charge in [0.25, 0.3) is 0 Å². The number of unbranched alkanes of at least 4 members (excludes halogenated alkanes) is 1. The molecule has 0 bridgehead atoms. The van der Waals surface area contributed by atoms with Gasteiger partial charge in [0.15, 0.2) is 11.5 Å². The molecule has 0 aliphatic rings. The van der Waals surface area contributed by atoms with E-state index in [-0.39, 0.29) is 30.6 Å². The molecule has 0 aliphatic heterocycles. The van der Waals surface area contributed by atoms with Gasteiger partial charge in [-0.25, -0.2) is 4.79 Å². The zero-order valence-corrected chi connectivity index (χ0v) is 13.8. The number of carbonyl (C=O) groups is 1. The van der Waals surface area contributed by atoms with E-state index >= 15 is 0 Å². The van der Waals surface area contributed by atoms with Crippen molar-refractivity contribution in [2.75, 3.05) is 32.5 Å². The van der Waals surface area contributed by atoms with Crippen molar-refractivity contribution in [3.8, 4) is 6.01 Å². The molecule has 10 nitrogen and oxygen atoms in total. The Balaban J connectivity index is 2.23. The van der Waals surface area contributed by atoms with Crippen LogP contribution in [-0.4, -0.2) is 62.2 Å². The lowest BCUT2D eigenvalue weighted by atomic mass is 10.4. The Labute approximate surface area is 138 Å². The molecule has 0 amide bonds. The number of nitrogen functional groups attached to an aromatic ring is 1. The van der Waals surface area contributed by atoms with Gasteiger partial charge < -0.3 is 20.6 Å². The molecule has 132 valence electrons. The Morgan fingerprint density at radius 3 is 2.88 bits per heavy atom. The fourth-order valence-corrected chi connectivity index (χ4v) is 2.19. The number of hydrogen-bond acceptors (Lipinski definition) is 7. The lowest BCUT2D eigenvalue weighted by molar-refractivity contribution is -0.138. The van der Waals surface area contributed by atoms with E-state index in [1.165, 1.54) is 4.57 Å². The maximum absolute atomic E-state index is 12.1. The van der Waals surface area contributed by atoms with Crippen molar-refractivity contribution in [2.24, 2.45) is 0 Å². The van der Waals surface area contributed by atoms with Crippen molar-refractivity contribution >= 4 is 23.0 Å². The third-order valence-electron chi connectivity index (χ3n) is 3.47. The van der Waals surface area contributed by atoms with Crippen LogP contribution < -0.4 is 16.2 Å². The second kappa shape index (κ2) is 7.77. The average Bonchev–Trinajstić information content (AvgIpc) is 2.81. The van der Waals surface area contributed by atoms with Gasteiger partial charge in [0, 0.05) is 13.1 Å². The van der Waals surface area contributed by atoms with E-state index in [0.717, 1.165) is 12.8 Å². The largest absolute Gasteiger partial charge is 0.480 e. The number of aromatic amines is 1. The lowest BCUT2D eigenvalue weighted by Crippen LogP contribution is -2.31. The molecule has 10 heteroatoms. The lowest BCUT2D eigenvalue weighted by Gasteiger charge is -2.13. The van der Waals surface area contributed by atoms with Crippen LogP contribution in [0.15, 0.2) is 4.79 Å². The van der Waals surface area contributed by atoms with E-state index in [4.69, 9.17) is 15.6 Å². The molecule has 0 saturated heterocycles. The summed E-state index contributed by atoms with van der Waals surface area (Å²) in [4.78, 5) is 35.3. The van der Waals surface area contributed by atoms with E-state index in [0.29, 0.717) is 24.3 Å². The Morgan fingerprint density at radius 2 is 2.21 bits per heavy atom. The highest BCUT2D eigenvalue weighted by molar-refractivity contribution is 5.81. The summed E-state index contributed by atoms with van der Waals surface area (Å²) >= 11 is 0. The summed E-state index contributed by atoms with van der Waals surface area (Å²) in [6, 6.07) is 0.125. The van der Waals surface area contributed by atoms with Gasteiger partial charge >= 0.3 is 17.7 Å². The predicted molar refractivity (Wildman–Crippen MR) is 88.1 cm³/mol. The first kappa shape index (κ1) is 17.7. The van der Waals surface area contributed by atoms with Crippen molar-refractivity contribution in [3.63, 3.8) is 0 Å². The van der Waals surface area contributed by atoms with Crippen LogP contribution in [0.2, 0.25) is 0 Å². The van der Waals surface area contributed by atoms with Gasteiger partial charge in [0.1, 0.15) is 5.52 Å². The van der Waals surface area contributed by atoms with Crippen molar-refractivity contribution < 1.29 is 14.6 Å². The molecule has 2 heterocycles. The third kappa shape index (κ3) is 4.22. The molecule has 2 aromatic rings. The number of likely N-dealkylation sites (N-methyl/N-ethyl adjacent to an activating group) is 1. The standard InChI is InChI=1S/C14H22N6O4/c1-3-4-7-24-13-17-11(15)10-12(18-13)20(14(23)16-10)6-5-19(2)8-9(21)22/h3-8H2,1-2H3,(H,16,23)(H,21,22)(H2,15,17,18). The fourth-order valence-electron chi connectivity index (χ4n) is 2.19. The fraction of sp³-hybridized carbons (Fsp3) is 0.571. The highest BCUT2D eigenvalue weighted by Crippen LogP contribution is 2.17. The van der Waals surface area contributed by atoms with Crippen LogP contribution >= 0.6 is 0 Å². The first-order chi connectivity index (χ1) is 11.4. The van der Waals surface area contributed by atoms with Gasteiger partial charge in [-0.1, -0.05) is 13.3 Å². The van der Waals surface area contributed by atoms with Gasteiger partial charge in [-0.05, 0) is 13.5 Å². The second-order valence-corrected chi connectivity index (χ2v) is 5.51. The van der Waals surface area contributed by atoms with E-state index in [9.17, 15) is 9.59 Å². The molecule has 2 rings (SSSR count). The number of aliphatic carboxylic acids is 1. The monoisotopic (exact) mass is 338 g/mol. The highest BCUT2D eigenvalue weighted by atomic mass is 16.5. The quantitative estimate of drug-likeness (QED) is 0.538. The summed E-state index contributed by atoms with van der Waals surface area (Å²) in [6.45, 7) is 3.04. The average molecular weight is 338 g/mol. The van der Waals surface area contributed by atoms with Crippen LogP contribution in [-0.2, 0) is 11.3 Å². The summed E-state index contributed by atoms with van der Waals surface area (Å²) < 4.78 is 6.86. The molecule has 0 aliphatic carbocycles. The van der Waals surface area contributed by atoms with Crippen LogP contribution in [0.25, 0.3) is 11.2 Å². The number of anilines is 1. The number of aromatic nitrogens is 4. The highest BCUT2D eigenvalue weighted by Gasteiger charge is 2.15. The zero-order valence-electron chi connectivity index (χ0n) is 13.8. The minimum absolute atomic E-state index is 0.112. The molecule has 24 heavy (non-hydrogen) atoms. The Hall–Kier alpha value is -2.62. The van der Waals surface area contributed by atoms with Crippen molar-refractivity contribution in [1.82, 2.24) is 24.4 Å². The normalized spacial score (nSPS) is 11.3. The Kier molecular flexibility index (Phi) is 5.74. The molecule has 0 saturated carbocycles. The number of nitrogens with zero attached hydrogens (tertiary/aromatic N) is 4. The number of hydrogen-bond donors (Lipinski definition) is 3. The van der Waals surface area contributed by atoms with E-state index < -0.39 is 5.97 Å². The topological polar surface area (TPSA) is 139 Å². The van der Waals surface area contributed by atoms with Gasteiger partial charge in [0.2, 0.25) is 0 Å². The van der Waals surface area contributed by atoms with Crippen molar-refractivity contribution in [3.05, 3.63) is 10.5 Å². The minimum atomic E-state index is -0.929. The third-order valence-corrected chi connectivity index (χ3v) is 3.47. The SMILES string of the molecule is CCCCOc1nc(N)c2[nH]c(=O)n(CCN(C)CC(=O)O)c2n1. The van der Waals surface area contributed by atoms with Gasteiger partial charge in [-0.3, -0.25) is 14.3 Å². The Bertz CT molecular complexity index is 768. The number of H-pyrrole nitrogens is 1. The molecule has 4 N–H and O–H groups in total. The summed E-state index contributed by atoms with van der Waals surface area (Å²) in [5, 5.41) is 8.77. The van der Waals surface area contributed by atoms with E-state index in [2.05, 4.69) is 15.0 Å². The van der Waals surface area contributed by atoms with Gasteiger partial charge in [-0.15, -0.1) is 0 Å². The molecular weight excluding hydrogens is 316 g/mol. The smallest absolute Gasteiger partial charge is 0.327 e. The zero-order chi connectivity index (χ0) is 17.7. The van der Waals surface area contributed by atoms with E-state index in [1.54, 1.807) is 11.9 Å². The number of ether oxygens (including phenoxy) is 1. The van der Waals surface area contributed by atoms with Crippen LogP contribution in [0, 0.1) is 0 Å². The molecule has 0 unspecified atom stereocenters. The number of carboxylic acid groups (broad SMARTS) is 1. The summed E-state index contributed by atoms with van der Waals surface area (Å²) in [6.07, 6.45) is 1.84. The van der Waals surface area contributed by atoms with Gasteiger partial charge in [-0.2, -0.15) is 9.97 Å². The molecule has 0 radical (unpaired) electrons. The first-order valence-electron chi connectivity index (χ1n) is 7.71. The molecule has 0 atom stereocenters. The summed E-state index contributed by atoms with van der Waals surface area (Å²) in [5.74, 6) is -0.789. The van der Waals surface area contributed by atoms with Gasteiger partial charge in [0.05, 0.1) is 13.2 Å². The summed E-state index contributed by atoms with van der Waals surface area (Å²) in [5.41, 5.74) is 6.19. The van der Waals surface area contributed by atoms with Crippen LogP contribution in [0.4, 0.5) is 5.82 Å². The molecular formula is C14H22N6O4. The predicted octanol–water partition coefficient (Wildman–Crippen LogP) is -0.103. The number of carboxylic acids is 1. The van der Waals surface area contributed by atoms with E-state index in [1.807, 2.05) is 6.92 Å². The molecule has 0 spiro atoms. The number of fused-ring (bicyclic) bond motifs is 1.